The molecule has 1 amide bonds. The lowest BCUT2D eigenvalue weighted by Gasteiger charge is -2.22. The van der Waals surface area contributed by atoms with Crippen LogP contribution in [-0.4, -0.2) is 59.8 Å². The highest BCUT2D eigenvalue weighted by molar-refractivity contribution is 5.98. The van der Waals surface area contributed by atoms with Gasteiger partial charge in [-0.2, -0.15) is 0 Å². The molecule has 0 bridgehead atoms. The minimum atomic E-state index is -1.03. The number of benzene rings is 1. The van der Waals surface area contributed by atoms with E-state index in [2.05, 4.69) is 4.98 Å². The molecule has 2 atom stereocenters. The Morgan fingerprint density at radius 3 is 2.65 bits per heavy atom. The van der Waals surface area contributed by atoms with Gasteiger partial charge < -0.3 is 19.5 Å². The normalized spacial score (nSPS) is 19.4. The van der Waals surface area contributed by atoms with Crippen molar-refractivity contribution in [3.8, 4) is 17.0 Å². The molecule has 1 saturated heterocycles. The fourth-order valence-corrected chi connectivity index (χ4v) is 3.16. The second kappa shape index (κ2) is 7.53. The van der Waals surface area contributed by atoms with Gasteiger partial charge in [-0.15, -0.1) is 0 Å². The molecule has 136 valence electrons. The molecule has 1 aliphatic heterocycles. The Bertz CT molecular complexity index is 809. The zero-order chi connectivity index (χ0) is 18.7. The first-order valence-electron chi connectivity index (χ1n) is 8.21. The quantitative estimate of drug-likeness (QED) is 0.882. The number of aliphatic carboxylic acids is 1. The molecular formula is C19H20N2O5. The Morgan fingerprint density at radius 1 is 1.23 bits per heavy atom. The van der Waals surface area contributed by atoms with Crippen LogP contribution in [0.4, 0.5) is 0 Å². The van der Waals surface area contributed by atoms with Gasteiger partial charge in [0.25, 0.3) is 5.91 Å². The molecule has 0 spiro atoms. The molecule has 0 aliphatic carbocycles. The summed E-state index contributed by atoms with van der Waals surface area (Å²) in [6.45, 7) is 0.247. The minimum absolute atomic E-state index is 0.247. The zero-order valence-electron chi connectivity index (χ0n) is 14.6. The van der Waals surface area contributed by atoms with E-state index in [1.807, 2.05) is 12.1 Å². The molecule has 2 aromatic rings. The number of pyridine rings is 1. The van der Waals surface area contributed by atoms with E-state index in [0.717, 1.165) is 0 Å². The molecule has 7 heteroatoms. The van der Waals surface area contributed by atoms with Crippen molar-refractivity contribution in [2.75, 3.05) is 20.8 Å². The van der Waals surface area contributed by atoms with Crippen molar-refractivity contribution in [2.24, 2.45) is 0 Å². The van der Waals surface area contributed by atoms with E-state index in [9.17, 15) is 14.7 Å². The predicted molar refractivity (Wildman–Crippen MR) is 94.1 cm³/mol. The SMILES string of the molecule is COc1ccc(C(=O)N2CC(OC)CC2C(=O)O)cc1-c1ccccn1. The first-order chi connectivity index (χ1) is 12.5. The van der Waals surface area contributed by atoms with Gasteiger partial charge >= 0.3 is 5.97 Å². The molecule has 7 nitrogen and oxygen atoms in total. The van der Waals surface area contributed by atoms with E-state index >= 15 is 0 Å². The van der Waals surface area contributed by atoms with Crippen molar-refractivity contribution in [2.45, 2.75) is 18.6 Å². The maximum absolute atomic E-state index is 13.0. The molecule has 1 aliphatic rings. The van der Waals surface area contributed by atoms with Crippen molar-refractivity contribution >= 4 is 11.9 Å². The topological polar surface area (TPSA) is 89.0 Å². The second-order valence-corrected chi connectivity index (χ2v) is 6.04. The maximum atomic E-state index is 13.0. The number of rotatable bonds is 5. The van der Waals surface area contributed by atoms with Crippen LogP contribution in [0.2, 0.25) is 0 Å². The first kappa shape index (κ1) is 17.9. The van der Waals surface area contributed by atoms with Crippen LogP contribution in [0.1, 0.15) is 16.8 Å². The van der Waals surface area contributed by atoms with Gasteiger partial charge in [-0.1, -0.05) is 6.07 Å². The summed E-state index contributed by atoms with van der Waals surface area (Å²) in [5.41, 5.74) is 1.73. The number of methoxy groups -OCH3 is 2. The van der Waals surface area contributed by atoms with Crippen LogP contribution in [0.5, 0.6) is 5.75 Å². The smallest absolute Gasteiger partial charge is 0.326 e. The van der Waals surface area contributed by atoms with Crippen LogP contribution in [0.15, 0.2) is 42.6 Å². The van der Waals surface area contributed by atoms with Crippen molar-refractivity contribution < 1.29 is 24.2 Å². The zero-order valence-corrected chi connectivity index (χ0v) is 14.6. The van der Waals surface area contributed by atoms with Crippen LogP contribution in [-0.2, 0) is 9.53 Å². The lowest BCUT2D eigenvalue weighted by Crippen LogP contribution is -2.40. The van der Waals surface area contributed by atoms with Crippen LogP contribution < -0.4 is 4.74 Å². The standard InChI is InChI=1S/C19H20N2O5/c1-25-13-10-16(19(23)24)21(11-13)18(22)12-6-7-17(26-2)14(9-12)15-5-3-4-8-20-15/h3-9,13,16H,10-11H2,1-2H3,(H,23,24). The molecule has 3 rings (SSSR count). The van der Waals surface area contributed by atoms with Gasteiger partial charge in [0.1, 0.15) is 11.8 Å². The molecule has 1 aromatic carbocycles. The fourth-order valence-electron chi connectivity index (χ4n) is 3.16. The Labute approximate surface area is 151 Å². The largest absolute Gasteiger partial charge is 0.496 e. The lowest BCUT2D eigenvalue weighted by molar-refractivity contribution is -0.141. The predicted octanol–water partition coefficient (Wildman–Crippen LogP) is 2.07. The summed E-state index contributed by atoms with van der Waals surface area (Å²) in [6, 6.07) is 9.58. The van der Waals surface area contributed by atoms with Crippen LogP contribution in [0, 0.1) is 0 Å². The third kappa shape index (κ3) is 3.39. The third-order valence-electron chi connectivity index (χ3n) is 4.53. The Kier molecular flexibility index (Phi) is 5.18. The van der Waals surface area contributed by atoms with Gasteiger partial charge in [-0.05, 0) is 30.3 Å². The number of carboxylic acids is 1. The maximum Gasteiger partial charge on any atom is 0.326 e. The Hall–Kier alpha value is -2.93. The van der Waals surface area contributed by atoms with Crippen molar-refractivity contribution in [3.63, 3.8) is 0 Å². The van der Waals surface area contributed by atoms with E-state index in [1.165, 1.54) is 12.0 Å². The number of carbonyl (C=O) groups excluding carboxylic acids is 1. The molecule has 0 saturated carbocycles. The fraction of sp³-hybridized carbons (Fsp3) is 0.316. The second-order valence-electron chi connectivity index (χ2n) is 6.04. The molecule has 1 fully saturated rings. The highest BCUT2D eigenvalue weighted by Gasteiger charge is 2.40. The van der Waals surface area contributed by atoms with Gasteiger partial charge in [-0.3, -0.25) is 9.78 Å². The Morgan fingerprint density at radius 2 is 2.04 bits per heavy atom. The van der Waals surface area contributed by atoms with E-state index in [-0.39, 0.29) is 25.0 Å². The van der Waals surface area contributed by atoms with Gasteiger partial charge in [0.15, 0.2) is 0 Å². The van der Waals surface area contributed by atoms with E-state index in [1.54, 1.807) is 37.6 Å². The summed E-state index contributed by atoms with van der Waals surface area (Å²) in [6.07, 6.45) is 1.65. The average molecular weight is 356 g/mol. The van der Waals surface area contributed by atoms with Gasteiger partial charge in [-0.25, -0.2) is 4.79 Å². The molecular weight excluding hydrogens is 336 g/mol. The third-order valence-corrected chi connectivity index (χ3v) is 4.53. The number of amides is 1. The van der Waals surface area contributed by atoms with Gasteiger partial charge in [0, 0.05) is 37.4 Å². The molecule has 26 heavy (non-hydrogen) atoms. The summed E-state index contributed by atoms with van der Waals surface area (Å²) >= 11 is 0. The average Bonchev–Trinajstić information content (AvgIpc) is 3.12. The van der Waals surface area contributed by atoms with Crippen molar-refractivity contribution in [3.05, 3.63) is 48.2 Å². The summed E-state index contributed by atoms with van der Waals surface area (Å²) in [5.74, 6) is -0.792. The lowest BCUT2D eigenvalue weighted by atomic mass is 10.0. The van der Waals surface area contributed by atoms with Gasteiger partial charge in [0.05, 0.1) is 18.9 Å². The van der Waals surface area contributed by atoms with E-state index in [4.69, 9.17) is 9.47 Å². The summed E-state index contributed by atoms with van der Waals surface area (Å²) in [5, 5.41) is 9.43. The summed E-state index contributed by atoms with van der Waals surface area (Å²) < 4.78 is 10.6. The van der Waals surface area contributed by atoms with E-state index < -0.39 is 12.0 Å². The van der Waals surface area contributed by atoms with Crippen molar-refractivity contribution in [1.82, 2.24) is 9.88 Å². The van der Waals surface area contributed by atoms with Crippen LogP contribution >= 0.6 is 0 Å². The minimum Gasteiger partial charge on any atom is -0.496 e. The summed E-state index contributed by atoms with van der Waals surface area (Å²) in [7, 11) is 3.07. The molecule has 2 heterocycles. The number of likely N-dealkylation sites (tertiary alicyclic amines) is 1. The molecule has 0 radical (unpaired) electrons. The number of ether oxygens (including phenoxy) is 2. The van der Waals surface area contributed by atoms with Crippen molar-refractivity contribution in [1.29, 1.82) is 0 Å². The van der Waals surface area contributed by atoms with Crippen LogP contribution in [0.3, 0.4) is 0 Å². The number of hydrogen-bond donors (Lipinski definition) is 1. The molecule has 2 unspecified atom stereocenters. The highest BCUT2D eigenvalue weighted by Crippen LogP contribution is 2.31. The highest BCUT2D eigenvalue weighted by atomic mass is 16.5. The van der Waals surface area contributed by atoms with Gasteiger partial charge in [0.2, 0.25) is 0 Å². The number of carbonyl (C=O) groups is 2. The number of hydrogen-bond acceptors (Lipinski definition) is 5. The number of carboxylic acid groups (broad SMARTS) is 1. The Balaban J connectivity index is 1.96. The van der Waals surface area contributed by atoms with Crippen LogP contribution in [0.25, 0.3) is 11.3 Å². The first-order valence-corrected chi connectivity index (χ1v) is 8.21. The van der Waals surface area contributed by atoms with E-state index in [0.29, 0.717) is 22.6 Å². The summed E-state index contributed by atoms with van der Waals surface area (Å²) in [4.78, 5) is 30.1. The number of aromatic nitrogens is 1. The number of nitrogens with zero attached hydrogens (tertiary/aromatic N) is 2. The molecule has 1 aromatic heterocycles. The molecule has 1 N–H and O–H groups in total. The monoisotopic (exact) mass is 356 g/mol.